The molecule has 1 N–H and O–H groups in total. The second kappa shape index (κ2) is 18.7. The van der Waals surface area contributed by atoms with E-state index >= 15 is 0 Å². The summed E-state index contributed by atoms with van der Waals surface area (Å²) in [5.41, 5.74) is 0. The van der Waals surface area contributed by atoms with Crippen molar-refractivity contribution in [1.82, 2.24) is 0 Å². The van der Waals surface area contributed by atoms with Crippen LogP contribution in [0.3, 0.4) is 0 Å². The molecule has 0 atom stereocenters. The number of unbranched alkanes of at least 4 members (excludes halogenated alkanes) is 14. The molecular formula is C27H44O5S. The van der Waals surface area contributed by atoms with Gasteiger partial charge in [-0.25, -0.2) is 0 Å². The SMILES string of the molecule is CCCCCCCCCCCCCCCCC=CCCC(=O)Oc1ccc(S(=O)(=O)O)cc1. The fraction of sp³-hybridized carbons (Fsp3) is 0.667. The summed E-state index contributed by atoms with van der Waals surface area (Å²) in [5.74, 6) is -0.102. The minimum Gasteiger partial charge on any atom is -0.427 e. The molecule has 6 heteroatoms. The number of allylic oxidation sites excluding steroid dienone is 2. The molecule has 0 fully saturated rings. The molecule has 1 aromatic rings. The summed E-state index contributed by atoms with van der Waals surface area (Å²) in [7, 11) is -4.24. The first kappa shape index (κ1) is 29.4. The third-order valence-corrected chi connectivity index (χ3v) is 6.63. The van der Waals surface area contributed by atoms with E-state index in [0.29, 0.717) is 6.42 Å². The van der Waals surface area contributed by atoms with Gasteiger partial charge in [0.1, 0.15) is 5.75 Å². The van der Waals surface area contributed by atoms with Crippen molar-refractivity contribution in [2.24, 2.45) is 0 Å². The molecule has 33 heavy (non-hydrogen) atoms. The van der Waals surface area contributed by atoms with E-state index in [1.54, 1.807) is 0 Å². The first-order valence-corrected chi connectivity index (χ1v) is 14.3. The van der Waals surface area contributed by atoms with Gasteiger partial charge in [0.25, 0.3) is 10.1 Å². The van der Waals surface area contributed by atoms with Crippen molar-refractivity contribution in [2.75, 3.05) is 0 Å². The number of hydrogen-bond acceptors (Lipinski definition) is 4. The van der Waals surface area contributed by atoms with E-state index in [2.05, 4.69) is 13.0 Å². The first-order valence-electron chi connectivity index (χ1n) is 12.9. The lowest BCUT2D eigenvalue weighted by molar-refractivity contribution is -0.134. The summed E-state index contributed by atoms with van der Waals surface area (Å²) in [4.78, 5) is 11.6. The standard InChI is InChI=1S/C27H44O5S/c1-2-3-4-5-6-7-8-9-10-11-12-13-14-15-16-17-18-19-20-27(28)32-25-21-23-26(24-22-25)33(29,30)31/h17-18,21-24H,2-16,19-20H2,1H3,(H,29,30,31). The van der Waals surface area contributed by atoms with Crippen LogP contribution in [0.1, 0.15) is 116 Å². The minimum atomic E-state index is -4.24. The van der Waals surface area contributed by atoms with Crippen molar-refractivity contribution >= 4 is 16.1 Å². The molecular weight excluding hydrogens is 436 g/mol. The maximum atomic E-state index is 11.8. The average molecular weight is 481 g/mol. The van der Waals surface area contributed by atoms with E-state index in [9.17, 15) is 13.2 Å². The Morgan fingerprint density at radius 3 is 1.70 bits per heavy atom. The molecule has 0 heterocycles. The van der Waals surface area contributed by atoms with Crippen LogP contribution in [0.15, 0.2) is 41.3 Å². The first-order chi connectivity index (χ1) is 15.9. The molecule has 0 aliphatic rings. The number of carbonyl (C=O) groups is 1. The highest BCUT2D eigenvalue weighted by molar-refractivity contribution is 7.85. The largest absolute Gasteiger partial charge is 0.427 e. The predicted octanol–water partition coefficient (Wildman–Crippen LogP) is 8.05. The van der Waals surface area contributed by atoms with Crippen LogP contribution in [-0.4, -0.2) is 18.9 Å². The summed E-state index contributed by atoms with van der Waals surface area (Å²) in [6, 6.07) is 5.11. The van der Waals surface area contributed by atoms with Gasteiger partial charge < -0.3 is 4.74 Å². The maximum absolute atomic E-state index is 11.8. The van der Waals surface area contributed by atoms with Gasteiger partial charge in [-0.15, -0.1) is 0 Å². The summed E-state index contributed by atoms with van der Waals surface area (Å²) in [6.45, 7) is 2.27. The van der Waals surface area contributed by atoms with Crippen LogP contribution in [0, 0.1) is 0 Å². The molecule has 0 saturated heterocycles. The highest BCUT2D eigenvalue weighted by Gasteiger charge is 2.10. The molecule has 1 rings (SSSR count). The fourth-order valence-corrected chi connectivity index (χ4v) is 4.24. The highest BCUT2D eigenvalue weighted by atomic mass is 32.2. The number of esters is 1. The van der Waals surface area contributed by atoms with Crippen LogP contribution in [0.2, 0.25) is 0 Å². The van der Waals surface area contributed by atoms with Crippen molar-refractivity contribution in [3.8, 4) is 5.75 Å². The third-order valence-electron chi connectivity index (χ3n) is 5.76. The molecule has 0 aliphatic carbocycles. The number of carbonyl (C=O) groups excluding carboxylic acids is 1. The van der Waals surface area contributed by atoms with Crippen molar-refractivity contribution in [3.05, 3.63) is 36.4 Å². The van der Waals surface area contributed by atoms with E-state index in [4.69, 9.17) is 9.29 Å². The molecule has 0 aromatic heterocycles. The Kier molecular flexibility index (Phi) is 16.7. The van der Waals surface area contributed by atoms with E-state index in [1.165, 1.54) is 114 Å². The maximum Gasteiger partial charge on any atom is 0.311 e. The highest BCUT2D eigenvalue weighted by Crippen LogP contribution is 2.17. The van der Waals surface area contributed by atoms with Gasteiger partial charge in [0.05, 0.1) is 4.90 Å². The smallest absolute Gasteiger partial charge is 0.311 e. The molecule has 0 spiro atoms. The van der Waals surface area contributed by atoms with Gasteiger partial charge >= 0.3 is 5.97 Å². The zero-order valence-electron chi connectivity index (χ0n) is 20.5. The quantitative estimate of drug-likeness (QED) is 0.0671. The Morgan fingerprint density at radius 1 is 0.758 bits per heavy atom. The number of hydrogen-bond donors (Lipinski definition) is 1. The van der Waals surface area contributed by atoms with Gasteiger partial charge in [-0.3, -0.25) is 9.35 Å². The van der Waals surface area contributed by atoms with Crippen molar-refractivity contribution in [3.63, 3.8) is 0 Å². The Balaban J connectivity index is 1.91. The lowest BCUT2D eigenvalue weighted by Crippen LogP contribution is -2.07. The number of ether oxygens (including phenoxy) is 1. The lowest BCUT2D eigenvalue weighted by atomic mass is 10.0. The van der Waals surface area contributed by atoms with E-state index in [1.807, 2.05) is 6.08 Å². The third kappa shape index (κ3) is 16.6. The van der Waals surface area contributed by atoms with E-state index in [-0.39, 0.29) is 23.0 Å². The number of rotatable bonds is 20. The van der Waals surface area contributed by atoms with Gasteiger partial charge in [-0.1, -0.05) is 103 Å². The summed E-state index contributed by atoms with van der Waals surface area (Å²) >= 11 is 0. The van der Waals surface area contributed by atoms with Crippen LogP contribution < -0.4 is 4.74 Å². The summed E-state index contributed by atoms with van der Waals surface area (Å²) in [6.07, 6.45) is 25.2. The van der Waals surface area contributed by atoms with Crippen LogP contribution in [0.4, 0.5) is 0 Å². The Morgan fingerprint density at radius 2 is 1.21 bits per heavy atom. The lowest BCUT2D eigenvalue weighted by Gasteiger charge is -2.04. The van der Waals surface area contributed by atoms with Gasteiger partial charge in [-0.2, -0.15) is 8.42 Å². The van der Waals surface area contributed by atoms with E-state index < -0.39 is 10.1 Å². The Hall–Kier alpha value is -1.66. The van der Waals surface area contributed by atoms with Crippen LogP contribution in [-0.2, 0) is 14.9 Å². The second-order valence-corrected chi connectivity index (χ2v) is 10.2. The molecule has 1 aromatic carbocycles. The predicted molar refractivity (Wildman–Crippen MR) is 135 cm³/mol. The van der Waals surface area contributed by atoms with Gasteiger partial charge in [0, 0.05) is 6.42 Å². The molecule has 0 aliphatic heterocycles. The second-order valence-electron chi connectivity index (χ2n) is 8.82. The summed E-state index contributed by atoms with van der Waals surface area (Å²) < 4.78 is 36.1. The monoisotopic (exact) mass is 480 g/mol. The topological polar surface area (TPSA) is 80.7 Å². The summed E-state index contributed by atoms with van der Waals surface area (Å²) in [5, 5.41) is 0. The number of benzene rings is 1. The molecule has 0 saturated carbocycles. The molecule has 0 unspecified atom stereocenters. The molecule has 5 nitrogen and oxygen atoms in total. The van der Waals surface area contributed by atoms with Crippen molar-refractivity contribution in [1.29, 1.82) is 0 Å². The van der Waals surface area contributed by atoms with Crippen LogP contribution >= 0.6 is 0 Å². The normalized spacial score (nSPS) is 11.8. The Labute approximate surface area is 201 Å². The van der Waals surface area contributed by atoms with Gasteiger partial charge in [-0.05, 0) is 43.5 Å². The van der Waals surface area contributed by atoms with Crippen molar-refractivity contribution < 1.29 is 22.5 Å². The zero-order chi connectivity index (χ0) is 24.2. The molecule has 0 bridgehead atoms. The van der Waals surface area contributed by atoms with Crippen LogP contribution in [0.25, 0.3) is 0 Å². The van der Waals surface area contributed by atoms with Gasteiger partial charge in [0.15, 0.2) is 0 Å². The van der Waals surface area contributed by atoms with E-state index in [0.717, 1.165) is 6.42 Å². The van der Waals surface area contributed by atoms with Crippen LogP contribution in [0.5, 0.6) is 5.75 Å². The minimum absolute atomic E-state index is 0.228. The average Bonchev–Trinajstić information content (AvgIpc) is 2.78. The molecule has 0 amide bonds. The van der Waals surface area contributed by atoms with Gasteiger partial charge in [0.2, 0.25) is 0 Å². The van der Waals surface area contributed by atoms with Crippen molar-refractivity contribution in [2.45, 2.75) is 121 Å². The zero-order valence-corrected chi connectivity index (χ0v) is 21.3. The molecule has 0 radical (unpaired) electrons. The fourth-order valence-electron chi connectivity index (χ4n) is 3.76. The molecule has 188 valence electrons. The Bertz CT molecular complexity index is 753.